The summed E-state index contributed by atoms with van der Waals surface area (Å²) in [6.45, 7) is 2.32. The van der Waals surface area contributed by atoms with Crippen LogP contribution < -0.4 is 0 Å². The Labute approximate surface area is 204 Å². The minimum atomic E-state index is -3.66. The molecule has 2 aliphatic rings. The maximum atomic E-state index is 13.2. The standard InChI is InChI=1S/C25H25N5O4S/c26-17-18-3-5-20(6-4-18)24-27-23(28-34-24)19-7-9-22(10-8-19)35(32,33)30-15-11-21(12-16-30)25(31)29-13-1-2-14-29/h3-10,21H,1-2,11-16H2. The molecule has 0 bridgehead atoms. The Bertz CT molecular complexity index is 1350. The molecule has 0 saturated carbocycles. The van der Waals surface area contributed by atoms with Crippen LogP contribution in [0.3, 0.4) is 0 Å². The van der Waals surface area contributed by atoms with Gasteiger partial charge in [-0.25, -0.2) is 8.42 Å². The van der Waals surface area contributed by atoms with E-state index in [1.807, 2.05) is 4.90 Å². The number of likely N-dealkylation sites (tertiary alicyclic amines) is 1. The third-order valence-electron chi connectivity index (χ3n) is 6.66. The van der Waals surface area contributed by atoms with Gasteiger partial charge in [0.15, 0.2) is 0 Å². The van der Waals surface area contributed by atoms with E-state index >= 15 is 0 Å². The third-order valence-corrected chi connectivity index (χ3v) is 8.57. The van der Waals surface area contributed by atoms with Crippen LogP contribution in [0, 0.1) is 17.2 Å². The lowest BCUT2D eigenvalue weighted by Crippen LogP contribution is -2.43. The molecule has 0 N–H and O–H groups in total. The lowest BCUT2D eigenvalue weighted by atomic mass is 9.97. The lowest BCUT2D eigenvalue weighted by molar-refractivity contribution is -0.135. The Morgan fingerprint density at radius 1 is 0.943 bits per heavy atom. The Morgan fingerprint density at radius 3 is 2.20 bits per heavy atom. The number of carbonyl (C=O) groups excluding carboxylic acids is 1. The van der Waals surface area contributed by atoms with Crippen LogP contribution in [0.15, 0.2) is 57.9 Å². The molecule has 1 amide bonds. The predicted molar refractivity (Wildman–Crippen MR) is 127 cm³/mol. The quantitative estimate of drug-likeness (QED) is 0.537. The highest BCUT2D eigenvalue weighted by Gasteiger charge is 2.34. The summed E-state index contributed by atoms with van der Waals surface area (Å²) < 4.78 is 33.1. The maximum Gasteiger partial charge on any atom is 0.258 e. The molecule has 0 spiro atoms. The average Bonchev–Trinajstić information content (AvgIpc) is 3.62. The van der Waals surface area contributed by atoms with Gasteiger partial charge in [-0.3, -0.25) is 4.79 Å². The summed E-state index contributed by atoms with van der Waals surface area (Å²) in [4.78, 5) is 19.1. The molecule has 2 aromatic carbocycles. The normalized spacial score (nSPS) is 17.4. The van der Waals surface area contributed by atoms with Crippen LogP contribution in [0.4, 0.5) is 0 Å². The number of hydrogen-bond acceptors (Lipinski definition) is 7. The zero-order valence-corrected chi connectivity index (χ0v) is 19.9. The van der Waals surface area contributed by atoms with Gasteiger partial charge in [-0.1, -0.05) is 5.16 Å². The number of rotatable bonds is 5. The molecule has 2 aliphatic heterocycles. The van der Waals surface area contributed by atoms with E-state index in [0.717, 1.165) is 25.9 Å². The molecule has 2 saturated heterocycles. The number of amides is 1. The summed E-state index contributed by atoms with van der Waals surface area (Å²) in [5, 5.41) is 12.9. The van der Waals surface area contributed by atoms with E-state index in [9.17, 15) is 13.2 Å². The molecule has 0 radical (unpaired) electrons. The summed E-state index contributed by atoms with van der Waals surface area (Å²) in [6.07, 6.45) is 3.20. The average molecular weight is 492 g/mol. The first-order valence-corrected chi connectivity index (χ1v) is 13.1. The number of piperidine rings is 1. The molecule has 0 unspecified atom stereocenters. The minimum Gasteiger partial charge on any atom is -0.342 e. The van der Waals surface area contributed by atoms with Crippen LogP contribution in [0.25, 0.3) is 22.8 Å². The fourth-order valence-electron chi connectivity index (χ4n) is 4.61. The smallest absolute Gasteiger partial charge is 0.258 e. The van der Waals surface area contributed by atoms with Gasteiger partial charge < -0.3 is 9.42 Å². The monoisotopic (exact) mass is 491 g/mol. The molecule has 10 heteroatoms. The number of nitriles is 1. The van der Waals surface area contributed by atoms with E-state index < -0.39 is 10.0 Å². The molecule has 3 aromatic rings. The van der Waals surface area contributed by atoms with Crippen molar-refractivity contribution in [1.82, 2.24) is 19.3 Å². The SMILES string of the molecule is N#Cc1ccc(-c2nc(-c3ccc(S(=O)(=O)N4CCC(C(=O)N5CCCC5)CC4)cc3)no2)cc1. The van der Waals surface area contributed by atoms with Crippen molar-refractivity contribution >= 4 is 15.9 Å². The number of benzene rings is 2. The Kier molecular flexibility index (Phi) is 6.36. The van der Waals surface area contributed by atoms with Gasteiger partial charge in [0.25, 0.3) is 5.89 Å². The van der Waals surface area contributed by atoms with E-state index in [2.05, 4.69) is 16.2 Å². The Hall–Kier alpha value is -3.55. The van der Waals surface area contributed by atoms with Gasteiger partial charge in [-0.05, 0) is 74.2 Å². The first-order chi connectivity index (χ1) is 17.0. The highest BCUT2D eigenvalue weighted by atomic mass is 32.2. The van der Waals surface area contributed by atoms with Crippen molar-refractivity contribution in [3.63, 3.8) is 0 Å². The molecule has 35 heavy (non-hydrogen) atoms. The van der Waals surface area contributed by atoms with Crippen LogP contribution >= 0.6 is 0 Å². The van der Waals surface area contributed by atoms with Crippen molar-refractivity contribution in [3.8, 4) is 28.9 Å². The molecule has 0 aliphatic carbocycles. The molecule has 2 fully saturated rings. The number of carbonyl (C=O) groups is 1. The summed E-state index contributed by atoms with van der Waals surface area (Å²) >= 11 is 0. The van der Waals surface area contributed by atoms with Crippen molar-refractivity contribution in [3.05, 3.63) is 54.1 Å². The number of sulfonamides is 1. The second kappa shape index (κ2) is 9.60. The van der Waals surface area contributed by atoms with Gasteiger partial charge >= 0.3 is 0 Å². The van der Waals surface area contributed by atoms with Crippen molar-refractivity contribution in [2.45, 2.75) is 30.6 Å². The van der Waals surface area contributed by atoms with Crippen LogP contribution in [-0.4, -0.2) is 59.8 Å². The van der Waals surface area contributed by atoms with Crippen molar-refractivity contribution in [2.75, 3.05) is 26.2 Å². The number of nitrogens with zero attached hydrogens (tertiary/aromatic N) is 5. The molecule has 1 aromatic heterocycles. The van der Waals surface area contributed by atoms with E-state index in [1.165, 1.54) is 4.31 Å². The zero-order valence-electron chi connectivity index (χ0n) is 19.1. The second-order valence-electron chi connectivity index (χ2n) is 8.85. The van der Waals surface area contributed by atoms with Crippen LogP contribution in [0.1, 0.15) is 31.2 Å². The van der Waals surface area contributed by atoms with Gasteiger partial charge in [0, 0.05) is 43.2 Å². The van der Waals surface area contributed by atoms with Gasteiger partial charge in [-0.15, -0.1) is 0 Å². The van der Waals surface area contributed by atoms with Crippen LogP contribution in [-0.2, 0) is 14.8 Å². The predicted octanol–water partition coefficient (Wildman–Crippen LogP) is 3.30. The van der Waals surface area contributed by atoms with E-state index in [0.29, 0.717) is 54.3 Å². The number of aromatic nitrogens is 2. The maximum absolute atomic E-state index is 13.2. The van der Waals surface area contributed by atoms with Gasteiger partial charge in [0.1, 0.15) is 0 Å². The van der Waals surface area contributed by atoms with Gasteiger partial charge in [0.2, 0.25) is 21.8 Å². The van der Waals surface area contributed by atoms with Crippen molar-refractivity contribution < 1.29 is 17.7 Å². The third kappa shape index (κ3) is 4.70. The fraction of sp³-hybridized carbons (Fsp3) is 0.360. The molecule has 0 atom stereocenters. The van der Waals surface area contributed by atoms with Crippen molar-refractivity contribution in [1.29, 1.82) is 5.26 Å². The van der Waals surface area contributed by atoms with E-state index in [-0.39, 0.29) is 16.7 Å². The van der Waals surface area contributed by atoms with E-state index in [1.54, 1.807) is 48.5 Å². The molecular formula is C25H25N5O4S. The second-order valence-corrected chi connectivity index (χ2v) is 10.8. The first-order valence-electron chi connectivity index (χ1n) is 11.7. The number of hydrogen-bond donors (Lipinski definition) is 0. The largest absolute Gasteiger partial charge is 0.342 e. The highest BCUT2D eigenvalue weighted by molar-refractivity contribution is 7.89. The van der Waals surface area contributed by atoms with Crippen LogP contribution in [0.2, 0.25) is 0 Å². The molecule has 3 heterocycles. The lowest BCUT2D eigenvalue weighted by Gasteiger charge is -2.32. The first kappa shape index (κ1) is 23.2. The van der Waals surface area contributed by atoms with Crippen LogP contribution in [0.5, 0.6) is 0 Å². The summed E-state index contributed by atoms with van der Waals surface area (Å²) in [5.41, 5.74) is 1.85. The van der Waals surface area contributed by atoms with E-state index in [4.69, 9.17) is 9.78 Å². The molecule has 180 valence electrons. The van der Waals surface area contributed by atoms with Gasteiger partial charge in [-0.2, -0.15) is 14.6 Å². The topological polar surface area (TPSA) is 120 Å². The highest BCUT2D eigenvalue weighted by Crippen LogP contribution is 2.28. The minimum absolute atomic E-state index is 0.0922. The molecular weight excluding hydrogens is 466 g/mol. The summed E-state index contributed by atoms with van der Waals surface area (Å²) in [7, 11) is -3.66. The van der Waals surface area contributed by atoms with Gasteiger partial charge in [0.05, 0.1) is 16.5 Å². The summed E-state index contributed by atoms with van der Waals surface area (Å²) in [5.74, 6) is 0.733. The molecule has 5 rings (SSSR count). The Morgan fingerprint density at radius 2 is 1.57 bits per heavy atom. The zero-order chi connectivity index (χ0) is 24.4. The Balaban J connectivity index is 1.25. The fourth-order valence-corrected chi connectivity index (χ4v) is 6.08. The molecule has 9 nitrogen and oxygen atoms in total. The summed E-state index contributed by atoms with van der Waals surface area (Å²) in [6, 6.07) is 15.3. The van der Waals surface area contributed by atoms with Crippen molar-refractivity contribution in [2.24, 2.45) is 5.92 Å².